The summed E-state index contributed by atoms with van der Waals surface area (Å²) in [7, 11) is 0. The standard InChI is InChI=1S/C14H24N4O4/c1-6-11-10(8-15-13(20)22-14(3,4)5)16-17-18(11)9-12(19)21-7-2/h6-9H2,1-5H3,(H,15,20). The molecule has 0 saturated heterocycles. The van der Waals surface area contributed by atoms with Gasteiger partial charge in [0.2, 0.25) is 0 Å². The van der Waals surface area contributed by atoms with Gasteiger partial charge in [0.05, 0.1) is 18.8 Å². The van der Waals surface area contributed by atoms with Crippen LogP contribution in [-0.4, -0.2) is 39.3 Å². The summed E-state index contributed by atoms with van der Waals surface area (Å²) in [5, 5.41) is 10.6. The zero-order valence-corrected chi connectivity index (χ0v) is 13.8. The molecule has 1 aromatic rings. The highest BCUT2D eigenvalue weighted by atomic mass is 16.6. The Bertz CT molecular complexity index is 519. The maximum absolute atomic E-state index is 11.6. The molecule has 0 unspecified atom stereocenters. The lowest BCUT2D eigenvalue weighted by atomic mass is 10.2. The van der Waals surface area contributed by atoms with Crippen LogP contribution in [0, 0.1) is 0 Å². The highest BCUT2D eigenvalue weighted by molar-refractivity contribution is 5.69. The quantitative estimate of drug-likeness (QED) is 0.798. The monoisotopic (exact) mass is 312 g/mol. The van der Waals surface area contributed by atoms with Crippen LogP contribution < -0.4 is 5.32 Å². The Morgan fingerprint density at radius 2 is 1.95 bits per heavy atom. The van der Waals surface area contributed by atoms with Gasteiger partial charge in [-0.2, -0.15) is 0 Å². The number of ether oxygens (including phenoxy) is 2. The molecule has 0 aliphatic heterocycles. The summed E-state index contributed by atoms with van der Waals surface area (Å²) in [5.74, 6) is -0.367. The van der Waals surface area contributed by atoms with Crippen molar-refractivity contribution in [2.24, 2.45) is 0 Å². The van der Waals surface area contributed by atoms with E-state index in [1.165, 1.54) is 4.68 Å². The minimum atomic E-state index is -0.556. The van der Waals surface area contributed by atoms with Crippen molar-refractivity contribution < 1.29 is 19.1 Å². The minimum absolute atomic E-state index is 0.0104. The second kappa shape index (κ2) is 7.77. The van der Waals surface area contributed by atoms with Crippen molar-refractivity contribution in [3.8, 4) is 0 Å². The van der Waals surface area contributed by atoms with E-state index < -0.39 is 11.7 Å². The van der Waals surface area contributed by atoms with Gasteiger partial charge in [-0.15, -0.1) is 5.10 Å². The van der Waals surface area contributed by atoms with Crippen molar-refractivity contribution in [3.63, 3.8) is 0 Å². The zero-order chi connectivity index (χ0) is 16.8. The minimum Gasteiger partial charge on any atom is -0.465 e. The normalized spacial score (nSPS) is 11.1. The largest absolute Gasteiger partial charge is 0.465 e. The van der Waals surface area contributed by atoms with Gasteiger partial charge in [0.15, 0.2) is 0 Å². The Labute approximate surface area is 130 Å². The van der Waals surface area contributed by atoms with Crippen molar-refractivity contribution in [1.82, 2.24) is 20.3 Å². The fraction of sp³-hybridized carbons (Fsp3) is 0.714. The molecule has 0 spiro atoms. The molecule has 0 radical (unpaired) electrons. The summed E-state index contributed by atoms with van der Waals surface area (Å²) in [4.78, 5) is 23.2. The van der Waals surface area contributed by atoms with Crippen molar-refractivity contribution in [2.75, 3.05) is 6.61 Å². The van der Waals surface area contributed by atoms with Gasteiger partial charge in [-0.3, -0.25) is 4.79 Å². The Morgan fingerprint density at radius 1 is 1.27 bits per heavy atom. The van der Waals surface area contributed by atoms with E-state index in [1.807, 2.05) is 6.92 Å². The van der Waals surface area contributed by atoms with Gasteiger partial charge in [0.25, 0.3) is 0 Å². The van der Waals surface area contributed by atoms with E-state index in [-0.39, 0.29) is 19.1 Å². The molecular weight excluding hydrogens is 288 g/mol. The maximum atomic E-state index is 11.6. The molecule has 0 aromatic carbocycles. The van der Waals surface area contributed by atoms with E-state index in [9.17, 15) is 9.59 Å². The van der Waals surface area contributed by atoms with Crippen LogP contribution in [-0.2, 0) is 33.8 Å². The molecule has 1 N–H and O–H groups in total. The molecule has 1 amide bonds. The number of amides is 1. The van der Waals surface area contributed by atoms with Crippen LogP contribution in [0.3, 0.4) is 0 Å². The second-order valence-electron chi connectivity index (χ2n) is 5.65. The lowest BCUT2D eigenvalue weighted by molar-refractivity contribution is -0.144. The van der Waals surface area contributed by atoms with Crippen LogP contribution in [0.2, 0.25) is 0 Å². The first-order valence-electron chi connectivity index (χ1n) is 7.30. The number of hydrogen-bond donors (Lipinski definition) is 1. The Morgan fingerprint density at radius 3 is 2.50 bits per heavy atom. The topological polar surface area (TPSA) is 95.3 Å². The number of aromatic nitrogens is 3. The summed E-state index contributed by atoms with van der Waals surface area (Å²) in [6, 6.07) is 0. The molecule has 1 aromatic heterocycles. The first-order chi connectivity index (χ1) is 10.3. The molecule has 8 heteroatoms. The summed E-state index contributed by atoms with van der Waals surface area (Å²) < 4.78 is 11.5. The maximum Gasteiger partial charge on any atom is 0.407 e. The predicted molar refractivity (Wildman–Crippen MR) is 79.1 cm³/mol. The number of nitrogens with one attached hydrogen (secondary N) is 1. The van der Waals surface area contributed by atoms with Crippen LogP contribution in [0.1, 0.15) is 46.0 Å². The fourth-order valence-electron chi connectivity index (χ4n) is 1.82. The molecular formula is C14H24N4O4. The van der Waals surface area contributed by atoms with E-state index >= 15 is 0 Å². The van der Waals surface area contributed by atoms with Crippen LogP contribution in [0.25, 0.3) is 0 Å². The average Bonchev–Trinajstić information content (AvgIpc) is 2.76. The summed E-state index contributed by atoms with van der Waals surface area (Å²) in [5.41, 5.74) is 0.834. The lowest BCUT2D eigenvalue weighted by Crippen LogP contribution is -2.32. The van der Waals surface area contributed by atoms with Crippen LogP contribution in [0.4, 0.5) is 4.79 Å². The molecule has 0 aliphatic carbocycles. The van der Waals surface area contributed by atoms with Gasteiger partial charge in [-0.1, -0.05) is 12.1 Å². The summed E-state index contributed by atoms with van der Waals surface area (Å²) in [6.45, 7) is 9.58. The van der Waals surface area contributed by atoms with E-state index in [4.69, 9.17) is 9.47 Å². The van der Waals surface area contributed by atoms with Gasteiger partial charge in [-0.05, 0) is 34.1 Å². The second-order valence-corrected chi connectivity index (χ2v) is 5.65. The Kier molecular flexibility index (Phi) is 6.33. The first kappa shape index (κ1) is 17.9. The lowest BCUT2D eigenvalue weighted by Gasteiger charge is -2.19. The molecule has 0 aliphatic rings. The number of hydrogen-bond acceptors (Lipinski definition) is 6. The molecule has 0 atom stereocenters. The van der Waals surface area contributed by atoms with E-state index in [1.54, 1.807) is 27.7 Å². The van der Waals surface area contributed by atoms with Crippen molar-refractivity contribution in [2.45, 2.75) is 59.7 Å². The summed E-state index contributed by atoms with van der Waals surface area (Å²) in [6.07, 6.45) is 0.118. The predicted octanol–water partition coefficient (Wildman–Crippen LogP) is 1.43. The number of carbonyl (C=O) groups is 2. The number of alkyl carbamates (subject to hydrolysis) is 1. The third-order valence-corrected chi connectivity index (χ3v) is 2.64. The number of esters is 1. The molecule has 0 saturated carbocycles. The first-order valence-corrected chi connectivity index (χ1v) is 7.30. The molecule has 1 rings (SSSR count). The molecule has 1 heterocycles. The Hall–Kier alpha value is -2.12. The number of nitrogens with zero attached hydrogens (tertiary/aromatic N) is 3. The van der Waals surface area contributed by atoms with Crippen molar-refractivity contribution >= 4 is 12.1 Å². The molecule has 8 nitrogen and oxygen atoms in total. The van der Waals surface area contributed by atoms with Crippen LogP contribution >= 0.6 is 0 Å². The van der Waals surface area contributed by atoms with Gasteiger partial charge >= 0.3 is 12.1 Å². The SMILES string of the molecule is CCOC(=O)Cn1nnc(CNC(=O)OC(C)(C)C)c1CC. The third-order valence-electron chi connectivity index (χ3n) is 2.64. The highest BCUT2D eigenvalue weighted by Crippen LogP contribution is 2.09. The van der Waals surface area contributed by atoms with Crippen LogP contribution in [0.5, 0.6) is 0 Å². The number of rotatable bonds is 6. The Balaban J connectivity index is 2.66. The van der Waals surface area contributed by atoms with E-state index in [0.29, 0.717) is 18.7 Å². The summed E-state index contributed by atoms with van der Waals surface area (Å²) >= 11 is 0. The molecule has 0 bridgehead atoms. The van der Waals surface area contributed by atoms with Gasteiger partial charge in [0.1, 0.15) is 17.8 Å². The zero-order valence-electron chi connectivity index (χ0n) is 13.8. The molecule has 124 valence electrons. The van der Waals surface area contributed by atoms with Gasteiger partial charge in [0, 0.05) is 0 Å². The van der Waals surface area contributed by atoms with Gasteiger partial charge < -0.3 is 14.8 Å². The van der Waals surface area contributed by atoms with E-state index in [0.717, 1.165) is 5.69 Å². The molecule has 0 fully saturated rings. The average molecular weight is 312 g/mol. The van der Waals surface area contributed by atoms with E-state index in [2.05, 4.69) is 15.6 Å². The smallest absolute Gasteiger partial charge is 0.407 e. The van der Waals surface area contributed by atoms with Crippen molar-refractivity contribution in [1.29, 1.82) is 0 Å². The highest BCUT2D eigenvalue weighted by Gasteiger charge is 2.18. The molecule has 22 heavy (non-hydrogen) atoms. The fourth-order valence-corrected chi connectivity index (χ4v) is 1.82. The van der Waals surface area contributed by atoms with Crippen LogP contribution in [0.15, 0.2) is 0 Å². The van der Waals surface area contributed by atoms with Crippen molar-refractivity contribution in [3.05, 3.63) is 11.4 Å². The van der Waals surface area contributed by atoms with Gasteiger partial charge in [-0.25, -0.2) is 9.48 Å². The number of carbonyl (C=O) groups excluding carboxylic acids is 2. The third kappa shape index (κ3) is 5.71.